The zero-order valence-electron chi connectivity index (χ0n) is 13.8. The van der Waals surface area contributed by atoms with E-state index >= 15 is 0 Å². The second-order valence-electron chi connectivity index (χ2n) is 5.81. The Morgan fingerprint density at radius 2 is 2.04 bits per heavy atom. The van der Waals surface area contributed by atoms with Gasteiger partial charge in [0.1, 0.15) is 10.6 Å². The SMILES string of the molecule is Cc1cccc(Cc2nc(C)c(C(=O)Nc3cc(O)ccc3Cl)s2)c1. The van der Waals surface area contributed by atoms with Crippen LogP contribution in [0.1, 0.15) is 31.5 Å². The number of anilines is 1. The molecule has 25 heavy (non-hydrogen) atoms. The number of amides is 1. The van der Waals surface area contributed by atoms with Crippen LogP contribution in [-0.4, -0.2) is 16.0 Å². The van der Waals surface area contributed by atoms with Gasteiger partial charge in [0.05, 0.1) is 21.4 Å². The first-order valence-corrected chi connectivity index (χ1v) is 8.93. The molecule has 0 unspecified atom stereocenters. The molecule has 0 aliphatic rings. The number of aromatic hydroxyl groups is 1. The van der Waals surface area contributed by atoms with Crippen LogP contribution in [0.4, 0.5) is 5.69 Å². The van der Waals surface area contributed by atoms with Crippen LogP contribution in [0, 0.1) is 13.8 Å². The summed E-state index contributed by atoms with van der Waals surface area (Å²) in [6.07, 6.45) is 0.688. The van der Waals surface area contributed by atoms with Gasteiger partial charge in [0.2, 0.25) is 0 Å². The molecule has 0 atom stereocenters. The number of thiazole rings is 1. The first kappa shape index (κ1) is 17.5. The maximum absolute atomic E-state index is 12.5. The third-order valence-corrected chi connectivity index (χ3v) is 5.17. The number of nitrogens with one attached hydrogen (secondary N) is 1. The molecule has 0 saturated carbocycles. The van der Waals surface area contributed by atoms with E-state index in [1.807, 2.05) is 13.0 Å². The Kier molecular flexibility index (Phi) is 5.06. The summed E-state index contributed by atoms with van der Waals surface area (Å²) in [6.45, 7) is 3.86. The van der Waals surface area contributed by atoms with Crippen LogP contribution in [0.3, 0.4) is 0 Å². The highest BCUT2D eigenvalue weighted by molar-refractivity contribution is 7.14. The number of carbonyl (C=O) groups excluding carboxylic acids is 1. The van der Waals surface area contributed by atoms with E-state index < -0.39 is 0 Å². The van der Waals surface area contributed by atoms with Crippen LogP contribution < -0.4 is 5.32 Å². The molecule has 0 spiro atoms. The van der Waals surface area contributed by atoms with Crippen LogP contribution in [0.25, 0.3) is 0 Å². The summed E-state index contributed by atoms with van der Waals surface area (Å²) >= 11 is 7.43. The first-order chi connectivity index (χ1) is 11.9. The van der Waals surface area contributed by atoms with Crippen molar-refractivity contribution in [3.05, 3.63) is 74.2 Å². The number of hydrogen-bond donors (Lipinski definition) is 2. The van der Waals surface area contributed by atoms with Gasteiger partial charge in [0.15, 0.2) is 0 Å². The molecule has 6 heteroatoms. The smallest absolute Gasteiger partial charge is 0.267 e. The molecule has 2 aromatic carbocycles. The third kappa shape index (κ3) is 4.18. The quantitative estimate of drug-likeness (QED) is 0.680. The Morgan fingerprint density at radius 1 is 1.24 bits per heavy atom. The van der Waals surface area contributed by atoms with Gasteiger partial charge in [0, 0.05) is 12.5 Å². The molecular formula is C19H17ClN2O2S. The largest absolute Gasteiger partial charge is 0.508 e. The molecule has 1 aromatic heterocycles. The molecule has 0 aliphatic carbocycles. The normalized spacial score (nSPS) is 10.7. The summed E-state index contributed by atoms with van der Waals surface area (Å²) in [6, 6.07) is 12.7. The standard InChI is InChI=1S/C19H17ClN2O2S/c1-11-4-3-5-13(8-11)9-17-21-12(2)18(25-17)19(24)22-16-10-14(23)6-7-15(16)20/h3-8,10,23H,9H2,1-2H3,(H,22,24). The zero-order valence-corrected chi connectivity index (χ0v) is 15.4. The molecule has 0 aliphatic heterocycles. The molecule has 0 saturated heterocycles. The van der Waals surface area contributed by atoms with Crippen LogP contribution in [0.5, 0.6) is 5.75 Å². The van der Waals surface area contributed by atoms with Gasteiger partial charge in [-0.3, -0.25) is 4.79 Å². The van der Waals surface area contributed by atoms with Crippen molar-refractivity contribution in [1.82, 2.24) is 4.98 Å². The van der Waals surface area contributed by atoms with Crippen molar-refractivity contribution in [1.29, 1.82) is 0 Å². The number of phenols is 1. The molecule has 1 amide bonds. The number of phenolic OH excluding ortho intramolecular Hbond substituents is 1. The Bertz CT molecular complexity index is 937. The van der Waals surface area contributed by atoms with Crippen LogP contribution in [0.2, 0.25) is 5.02 Å². The van der Waals surface area contributed by atoms with Crippen molar-refractivity contribution in [3.63, 3.8) is 0 Å². The average Bonchev–Trinajstić information content (AvgIpc) is 2.91. The van der Waals surface area contributed by atoms with Gasteiger partial charge in [-0.1, -0.05) is 41.4 Å². The molecule has 128 valence electrons. The van der Waals surface area contributed by atoms with Gasteiger partial charge in [-0.2, -0.15) is 0 Å². The number of aryl methyl sites for hydroxylation is 2. The molecule has 4 nitrogen and oxygen atoms in total. The predicted octanol–water partition coefficient (Wildman–Crippen LogP) is 4.96. The lowest BCUT2D eigenvalue weighted by Crippen LogP contribution is -2.11. The fourth-order valence-corrected chi connectivity index (χ4v) is 3.68. The maximum atomic E-state index is 12.5. The van der Waals surface area contributed by atoms with Gasteiger partial charge in [-0.05, 0) is 31.5 Å². The van der Waals surface area contributed by atoms with Crippen molar-refractivity contribution in [2.75, 3.05) is 5.32 Å². The van der Waals surface area contributed by atoms with Crippen LogP contribution in [-0.2, 0) is 6.42 Å². The minimum Gasteiger partial charge on any atom is -0.508 e. The van der Waals surface area contributed by atoms with Crippen LogP contribution >= 0.6 is 22.9 Å². The minimum absolute atomic E-state index is 0.0425. The van der Waals surface area contributed by atoms with E-state index in [0.29, 0.717) is 27.7 Å². The molecule has 3 aromatic rings. The number of carbonyl (C=O) groups is 1. The average molecular weight is 373 g/mol. The lowest BCUT2D eigenvalue weighted by Gasteiger charge is -2.06. The molecule has 1 heterocycles. The highest BCUT2D eigenvalue weighted by atomic mass is 35.5. The van der Waals surface area contributed by atoms with Crippen molar-refractivity contribution in [3.8, 4) is 5.75 Å². The molecule has 0 radical (unpaired) electrons. The number of rotatable bonds is 4. The van der Waals surface area contributed by atoms with Crippen molar-refractivity contribution < 1.29 is 9.90 Å². The molecule has 2 N–H and O–H groups in total. The van der Waals surface area contributed by atoms with Gasteiger partial charge < -0.3 is 10.4 Å². The van der Waals surface area contributed by atoms with Gasteiger partial charge in [-0.25, -0.2) is 4.98 Å². The first-order valence-electron chi connectivity index (χ1n) is 7.74. The molecule has 0 fully saturated rings. The number of nitrogens with zero attached hydrogens (tertiary/aromatic N) is 1. The highest BCUT2D eigenvalue weighted by Gasteiger charge is 2.17. The highest BCUT2D eigenvalue weighted by Crippen LogP contribution is 2.28. The van der Waals surface area contributed by atoms with E-state index in [-0.39, 0.29) is 11.7 Å². The van der Waals surface area contributed by atoms with Gasteiger partial charge in [-0.15, -0.1) is 11.3 Å². The predicted molar refractivity (Wildman–Crippen MR) is 102 cm³/mol. The maximum Gasteiger partial charge on any atom is 0.267 e. The topological polar surface area (TPSA) is 62.2 Å². The third-order valence-electron chi connectivity index (χ3n) is 3.68. The van der Waals surface area contributed by atoms with E-state index in [1.165, 1.54) is 35.1 Å². The number of halogens is 1. The van der Waals surface area contributed by atoms with Crippen molar-refractivity contribution >= 4 is 34.5 Å². The second-order valence-corrected chi connectivity index (χ2v) is 7.30. The zero-order chi connectivity index (χ0) is 18.0. The fourth-order valence-electron chi connectivity index (χ4n) is 2.52. The molecule has 0 bridgehead atoms. The van der Waals surface area contributed by atoms with Crippen molar-refractivity contribution in [2.45, 2.75) is 20.3 Å². The lowest BCUT2D eigenvalue weighted by molar-refractivity contribution is 0.103. The van der Waals surface area contributed by atoms with E-state index in [4.69, 9.17) is 11.6 Å². The van der Waals surface area contributed by atoms with Gasteiger partial charge >= 0.3 is 0 Å². The van der Waals surface area contributed by atoms with E-state index in [2.05, 4.69) is 35.4 Å². The Balaban J connectivity index is 1.79. The van der Waals surface area contributed by atoms with E-state index in [1.54, 1.807) is 0 Å². The minimum atomic E-state index is -0.280. The Morgan fingerprint density at radius 3 is 2.80 bits per heavy atom. The molecule has 3 rings (SSSR count). The number of hydrogen-bond acceptors (Lipinski definition) is 4. The summed E-state index contributed by atoms with van der Waals surface area (Å²) in [5.41, 5.74) is 3.42. The monoisotopic (exact) mass is 372 g/mol. The summed E-state index contributed by atoms with van der Waals surface area (Å²) < 4.78 is 0. The van der Waals surface area contributed by atoms with Gasteiger partial charge in [0.25, 0.3) is 5.91 Å². The fraction of sp³-hybridized carbons (Fsp3) is 0.158. The Labute approximate surface area is 155 Å². The lowest BCUT2D eigenvalue weighted by atomic mass is 10.1. The Hall–Kier alpha value is -2.37. The molecular weight excluding hydrogens is 356 g/mol. The number of benzene rings is 2. The summed E-state index contributed by atoms with van der Waals surface area (Å²) in [5, 5.41) is 13.5. The number of aromatic nitrogens is 1. The second kappa shape index (κ2) is 7.25. The van der Waals surface area contributed by atoms with Crippen LogP contribution in [0.15, 0.2) is 42.5 Å². The van der Waals surface area contributed by atoms with Crippen molar-refractivity contribution in [2.24, 2.45) is 0 Å². The summed E-state index contributed by atoms with van der Waals surface area (Å²) in [7, 11) is 0. The summed E-state index contributed by atoms with van der Waals surface area (Å²) in [4.78, 5) is 17.6. The van der Waals surface area contributed by atoms with E-state index in [9.17, 15) is 9.90 Å². The summed E-state index contributed by atoms with van der Waals surface area (Å²) in [5.74, 6) is -0.237. The van der Waals surface area contributed by atoms with E-state index in [0.717, 1.165) is 10.6 Å².